The highest BCUT2D eigenvalue weighted by Crippen LogP contribution is 2.36. The summed E-state index contributed by atoms with van der Waals surface area (Å²) < 4.78 is 15.2. The fourth-order valence-corrected chi connectivity index (χ4v) is 9.21. The predicted molar refractivity (Wildman–Crippen MR) is 217 cm³/mol. The lowest BCUT2D eigenvalue weighted by Gasteiger charge is -2.40. The number of halogens is 2. The average molecular weight is 793 g/mol. The number of amides is 4. The van der Waals surface area contributed by atoms with Crippen molar-refractivity contribution in [3.8, 4) is 6.07 Å². The summed E-state index contributed by atoms with van der Waals surface area (Å²) in [6.45, 7) is 8.13. The topological polar surface area (TPSA) is 136 Å². The van der Waals surface area contributed by atoms with Gasteiger partial charge in [-0.2, -0.15) is 5.26 Å². The Hall–Kier alpha value is -5.45. The standard InChI is InChI=1S/C29H32FN5O4.C14H14ClN3/c30-23-16-21-22(29(39)35(28(21)38)24-6-7-26(36)31-27(24)37)17-25(23)34-14-12-32(13-15-34)18-19-8-10-33(11-9-19)20-4-2-1-3-5-20;15-11-4-5-12(18-6-2-1-3-7-18)14-13(11)10(8-16)9-17-14/h1-5,16-17,19,24H,6-15,18H2,(H,31,36,37);4-5,9,17H,1-3,6-7H2. The number of hydrogen-bond acceptors (Lipinski definition) is 9. The number of nitrogens with zero attached hydrogens (tertiary/aromatic N) is 6. The van der Waals surface area contributed by atoms with Gasteiger partial charge < -0.3 is 19.7 Å². The van der Waals surface area contributed by atoms with Gasteiger partial charge in [0.1, 0.15) is 17.9 Å². The quantitative estimate of drug-likeness (QED) is 0.227. The third kappa shape index (κ3) is 7.81. The number of hydrogen-bond donors (Lipinski definition) is 2. The van der Waals surface area contributed by atoms with Gasteiger partial charge in [0, 0.05) is 82.6 Å². The first-order valence-corrected chi connectivity index (χ1v) is 20.3. The Morgan fingerprint density at radius 3 is 2.14 bits per heavy atom. The fraction of sp³-hybridized carbons (Fsp3) is 0.419. The Kier molecular flexibility index (Phi) is 11.2. The fourth-order valence-electron chi connectivity index (χ4n) is 8.95. The van der Waals surface area contributed by atoms with Crippen LogP contribution in [-0.2, 0) is 9.59 Å². The van der Waals surface area contributed by atoms with E-state index in [4.69, 9.17) is 16.9 Å². The number of aromatic nitrogens is 1. The highest BCUT2D eigenvalue weighted by molar-refractivity contribution is 6.36. The first kappa shape index (κ1) is 38.4. The van der Waals surface area contributed by atoms with Gasteiger partial charge in [-0.25, -0.2) is 4.39 Å². The van der Waals surface area contributed by atoms with Gasteiger partial charge in [0.2, 0.25) is 11.8 Å². The van der Waals surface area contributed by atoms with E-state index in [1.807, 2.05) is 23.1 Å². The summed E-state index contributed by atoms with van der Waals surface area (Å²) in [4.78, 5) is 63.2. The molecule has 4 fully saturated rings. The Bertz CT molecular complexity index is 2220. The maximum atomic E-state index is 15.2. The molecule has 0 radical (unpaired) electrons. The minimum Gasteiger partial charge on any atom is -0.372 e. The van der Waals surface area contributed by atoms with E-state index < -0.39 is 35.5 Å². The van der Waals surface area contributed by atoms with Gasteiger partial charge in [-0.05, 0) is 80.8 Å². The molecule has 296 valence electrons. The van der Waals surface area contributed by atoms with Crippen LogP contribution in [0.1, 0.15) is 71.2 Å². The van der Waals surface area contributed by atoms with Gasteiger partial charge in [0.05, 0.1) is 38.6 Å². The predicted octanol–water partition coefficient (Wildman–Crippen LogP) is 5.95. The van der Waals surface area contributed by atoms with Crippen LogP contribution in [0.5, 0.6) is 0 Å². The number of imide groups is 2. The second-order valence-electron chi connectivity index (χ2n) is 15.5. The highest BCUT2D eigenvalue weighted by atomic mass is 35.5. The van der Waals surface area contributed by atoms with Gasteiger partial charge in [-0.3, -0.25) is 34.3 Å². The molecule has 3 aromatic carbocycles. The summed E-state index contributed by atoms with van der Waals surface area (Å²) >= 11 is 6.20. The molecule has 5 aliphatic rings. The molecule has 5 aliphatic heterocycles. The number of anilines is 3. The van der Waals surface area contributed by atoms with Crippen molar-refractivity contribution in [2.45, 2.75) is 51.0 Å². The average Bonchev–Trinajstić information content (AvgIpc) is 3.78. The molecular weight excluding hydrogens is 747 g/mol. The lowest BCUT2D eigenvalue weighted by atomic mass is 9.95. The third-order valence-electron chi connectivity index (χ3n) is 12.1. The number of carbonyl (C=O) groups is 4. The number of aromatic amines is 1. The lowest BCUT2D eigenvalue weighted by molar-refractivity contribution is -0.136. The number of fused-ring (bicyclic) bond motifs is 2. The number of carbonyl (C=O) groups excluding carboxylic acids is 4. The molecule has 9 rings (SSSR count). The number of piperidine rings is 3. The van der Waals surface area contributed by atoms with E-state index in [9.17, 15) is 19.2 Å². The maximum Gasteiger partial charge on any atom is 0.262 e. The van der Waals surface area contributed by atoms with Gasteiger partial charge >= 0.3 is 0 Å². The number of piperazine rings is 1. The molecule has 12 nitrogen and oxygen atoms in total. The molecule has 6 heterocycles. The van der Waals surface area contributed by atoms with Crippen molar-refractivity contribution in [3.63, 3.8) is 0 Å². The molecule has 4 amide bonds. The largest absolute Gasteiger partial charge is 0.372 e. The van der Waals surface area contributed by atoms with E-state index in [0.717, 1.165) is 86.2 Å². The summed E-state index contributed by atoms with van der Waals surface area (Å²) in [5.74, 6) is -2.34. The van der Waals surface area contributed by atoms with Crippen LogP contribution < -0.4 is 20.0 Å². The minimum atomic E-state index is -1.07. The number of nitrogens with one attached hydrogen (secondary N) is 2. The number of rotatable bonds is 6. The van der Waals surface area contributed by atoms with E-state index in [0.29, 0.717) is 35.3 Å². The molecule has 1 unspecified atom stereocenters. The summed E-state index contributed by atoms with van der Waals surface area (Å²) in [6.07, 6.45) is 7.92. The molecule has 0 aliphatic carbocycles. The molecule has 57 heavy (non-hydrogen) atoms. The highest BCUT2D eigenvalue weighted by Gasteiger charge is 2.45. The van der Waals surface area contributed by atoms with Gasteiger partial charge in [0.15, 0.2) is 0 Å². The van der Waals surface area contributed by atoms with Crippen LogP contribution in [0.15, 0.2) is 60.8 Å². The Morgan fingerprint density at radius 2 is 1.46 bits per heavy atom. The van der Waals surface area contributed by atoms with Crippen LogP contribution in [0, 0.1) is 23.1 Å². The summed E-state index contributed by atoms with van der Waals surface area (Å²) in [5, 5.41) is 12.8. The van der Waals surface area contributed by atoms with E-state index in [2.05, 4.69) is 55.3 Å². The van der Waals surface area contributed by atoms with Crippen molar-refractivity contribution in [2.24, 2.45) is 5.92 Å². The van der Waals surface area contributed by atoms with E-state index >= 15 is 4.39 Å². The van der Waals surface area contributed by atoms with Crippen molar-refractivity contribution >= 4 is 63.2 Å². The minimum absolute atomic E-state index is 0.0357. The van der Waals surface area contributed by atoms with E-state index in [1.54, 1.807) is 6.20 Å². The van der Waals surface area contributed by atoms with Crippen molar-refractivity contribution in [1.29, 1.82) is 5.26 Å². The number of para-hydroxylation sites is 1. The van der Waals surface area contributed by atoms with Crippen LogP contribution in [-0.4, -0.2) is 103 Å². The number of nitriles is 1. The van der Waals surface area contributed by atoms with Gasteiger partial charge in [0.25, 0.3) is 11.8 Å². The summed E-state index contributed by atoms with van der Waals surface area (Å²) in [7, 11) is 0. The zero-order valence-electron chi connectivity index (χ0n) is 31.8. The van der Waals surface area contributed by atoms with Crippen molar-refractivity contribution < 1.29 is 23.6 Å². The van der Waals surface area contributed by atoms with E-state index in [-0.39, 0.29) is 24.0 Å². The van der Waals surface area contributed by atoms with Gasteiger partial charge in [-0.1, -0.05) is 29.8 Å². The monoisotopic (exact) mass is 792 g/mol. The first-order valence-electron chi connectivity index (χ1n) is 20.0. The van der Waals surface area contributed by atoms with Crippen molar-refractivity contribution in [1.82, 2.24) is 20.1 Å². The summed E-state index contributed by atoms with van der Waals surface area (Å²) in [5.41, 5.74) is 4.42. The molecule has 1 aromatic heterocycles. The molecule has 4 saturated heterocycles. The zero-order chi connectivity index (χ0) is 39.6. The van der Waals surface area contributed by atoms with Gasteiger partial charge in [-0.15, -0.1) is 0 Å². The molecule has 0 saturated carbocycles. The smallest absolute Gasteiger partial charge is 0.262 e. The molecule has 1 atom stereocenters. The van der Waals surface area contributed by atoms with Crippen molar-refractivity contribution in [2.75, 3.05) is 73.6 Å². The normalized spacial score (nSPS) is 20.7. The number of H-pyrrole nitrogens is 1. The molecule has 0 spiro atoms. The Balaban J connectivity index is 0.000000210. The Morgan fingerprint density at radius 1 is 0.772 bits per heavy atom. The maximum absolute atomic E-state index is 15.2. The molecule has 14 heteroatoms. The summed E-state index contributed by atoms with van der Waals surface area (Å²) in [6, 6.07) is 18.1. The molecule has 2 N–H and O–H groups in total. The van der Waals surface area contributed by atoms with Crippen LogP contribution >= 0.6 is 11.6 Å². The second-order valence-corrected chi connectivity index (χ2v) is 15.9. The first-order chi connectivity index (χ1) is 27.7. The van der Waals surface area contributed by atoms with Crippen LogP contribution in [0.3, 0.4) is 0 Å². The van der Waals surface area contributed by atoms with Crippen molar-refractivity contribution in [3.05, 3.63) is 88.3 Å². The zero-order valence-corrected chi connectivity index (χ0v) is 32.6. The SMILES string of the molecule is N#Cc1c[nH]c2c(N3CCCCC3)ccc(Cl)c12.O=C1CCC(N2C(=O)c3cc(F)c(N4CCN(CC5CCN(c6ccccc6)CC5)CC4)cc3C2=O)C(=O)N1. The Labute approximate surface area is 336 Å². The second kappa shape index (κ2) is 16.6. The molecule has 0 bridgehead atoms. The van der Waals surface area contributed by atoms with E-state index in [1.165, 1.54) is 31.0 Å². The van der Waals surface area contributed by atoms with Crippen LogP contribution in [0.4, 0.5) is 21.5 Å². The lowest BCUT2D eigenvalue weighted by Crippen LogP contribution is -2.54. The molecule has 4 aromatic rings. The van der Waals surface area contributed by atoms with Crippen LogP contribution in [0.25, 0.3) is 10.9 Å². The number of benzene rings is 3. The van der Waals surface area contributed by atoms with Crippen LogP contribution in [0.2, 0.25) is 5.02 Å². The molecular formula is C43H46ClFN8O4. The third-order valence-corrected chi connectivity index (χ3v) is 12.4.